The van der Waals surface area contributed by atoms with Crippen molar-refractivity contribution < 1.29 is 28.5 Å². The van der Waals surface area contributed by atoms with Crippen LogP contribution in [0.2, 0.25) is 0 Å². The number of allylic oxidation sites excluding steroid dienone is 1. The number of carbonyl (C=O) groups excluding carboxylic acids is 2. The molecule has 9 nitrogen and oxygen atoms in total. The van der Waals surface area contributed by atoms with Crippen LogP contribution in [0.5, 0.6) is 0 Å². The van der Waals surface area contributed by atoms with E-state index in [0.717, 1.165) is 0 Å². The number of nitrogens with zero attached hydrogens (tertiary/aromatic N) is 2. The second kappa shape index (κ2) is 9.62. The summed E-state index contributed by atoms with van der Waals surface area (Å²) in [5.41, 5.74) is 8.13. The van der Waals surface area contributed by atoms with Crippen LogP contribution < -0.4 is 10.6 Å². The molecule has 1 unspecified atom stereocenters. The number of carbonyl (C=O) groups is 2. The van der Waals surface area contributed by atoms with E-state index >= 15 is 0 Å². The first-order chi connectivity index (χ1) is 16.9. The lowest BCUT2D eigenvalue weighted by Crippen LogP contribution is -2.41. The number of anilines is 1. The van der Waals surface area contributed by atoms with Crippen LogP contribution in [-0.2, 0) is 34.3 Å². The molecular formula is C26H25N3O6. The zero-order valence-electron chi connectivity index (χ0n) is 19.6. The first kappa shape index (κ1) is 24.0. The fourth-order valence-corrected chi connectivity index (χ4v) is 4.39. The van der Waals surface area contributed by atoms with Crippen LogP contribution in [-0.4, -0.2) is 39.4 Å². The molecule has 2 aliphatic rings. The third-order valence-corrected chi connectivity index (χ3v) is 6.08. The summed E-state index contributed by atoms with van der Waals surface area (Å²) in [5.74, 6) is -3.52. The fourth-order valence-electron chi connectivity index (χ4n) is 4.39. The normalized spacial score (nSPS) is 19.4. The second-order valence-electron chi connectivity index (χ2n) is 8.03. The third kappa shape index (κ3) is 4.14. The van der Waals surface area contributed by atoms with Crippen molar-refractivity contribution in [3.05, 3.63) is 88.4 Å². The highest BCUT2D eigenvalue weighted by Gasteiger charge is 2.43. The Labute approximate surface area is 202 Å². The van der Waals surface area contributed by atoms with E-state index in [4.69, 9.17) is 24.7 Å². The van der Waals surface area contributed by atoms with Gasteiger partial charge in [0.15, 0.2) is 5.79 Å². The van der Waals surface area contributed by atoms with Crippen molar-refractivity contribution in [1.82, 2.24) is 0 Å². The van der Waals surface area contributed by atoms with E-state index in [2.05, 4.69) is 6.07 Å². The SMILES string of the molecule is COC(=O)C1=C(C(=O)OC)N(c2cccc(C3(C)OCCO3)c2)C(N)=C(C#N)C1c1ccccc1. The zero-order chi connectivity index (χ0) is 25.2. The minimum absolute atomic E-state index is 0.00929. The molecule has 2 aromatic rings. The molecule has 9 heteroatoms. The predicted octanol–water partition coefficient (Wildman–Crippen LogP) is 2.80. The van der Waals surface area contributed by atoms with Gasteiger partial charge in [-0.2, -0.15) is 5.26 Å². The number of ether oxygens (including phenoxy) is 4. The maximum absolute atomic E-state index is 13.2. The van der Waals surface area contributed by atoms with Crippen LogP contribution in [0.25, 0.3) is 0 Å². The van der Waals surface area contributed by atoms with Gasteiger partial charge in [0.05, 0.1) is 50.6 Å². The lowest BCUT2D eigenvalue weighted by Gasteiger charge is -2.36. The Balaban J connectivity index is 2.00. The Morgan fingerprint density at radius 1 is 1.06 bits per heavy atom. The number of methoxy groups -OCH3 is 2. The Kier molecular flexibility index (Phi) is 6.60. The lowest BCUT2D eigenvalue weighted by molar-refractivity contribution is -0.149. The molecule has 1 fully saturated rings. The van der Waals surface area contributed by atoms with Crippen LogP contribution in [0.4, 0.5) is 5.69 Å². The van der Waals surface area contributed by atoms with Gasteiger partial charge in [0, 0.05) is 11.3 Å². The minimum atomic E-state index is -0.991. The highest BCUT2D eigenvalue weighted by molar-refractivity contribution is 6.06. The molecule has 0 aromatic heterocycles. The minimum Gasteiger partial charge on any atom is -0.466 e. The van der Waals surface area contributed by atoms with Gasteiger partial charge in [-0.1, -0.05) is 42.5 Å². The van der Waals surface area contributed by atoms with Gasteiger partial charge in [-0.3, -0.25) is 4.90 Å². The summed E-state index contributed by atoms with van der Waals surface area (Å²) < 4.78 is 21.7. The molecule has 0 radical (unpaired) electrons. The predicted molar refractivity (Wildman–Crippen MR) is 125 cm³/mol. The maximum Gasteiger partial charge on any atom is 0.355 e. The number of hydrogen-bond donors (Lipinski definition) is 1. The smallest absolute Gasteiger partial charge is 0.355 e. The van der Waals surface area contributed by atoms with Crippen molar-refractivity contribution in [1.29, 1.82) is 5.26 Å². The largest absolute Gasteiger partial charge is 0.466 e. The molecule has 1 atom stereocenters. The first-order valence-corrected chi connectivity index (χ1v) is 10.9. The quantitative estimate of drug-likeness (QED) is 0.650. The van der Waals surface area contributed by atoms with Crippen molar-refractivity contribution in [2.75, 3.05) is 32.3 Å². The van der Waals surface area contributed by atoms with Crippen molar-refractivity contribution in [3.63, 3.8) is 0 Å². The van der Waals surface area contributed by atoms with Gasteiger partial charge in [-0.25, -0.2) is 9.59 Å². The van der Waals surface area contributed by atoms with Crippen LogP contribution in [0, 0.1) is 11.3 Å². The Morgan fingerprint density at radius 3 is 2.31 bits per heavy atom. The first-order valence-electron chi connectivity index (χ1n) is 10.9. The summed E-state index contributed by atoms with van der Waals surface area (Å²) >= 11 is 0. The molecule has 2 aliphatic heterocycles. The zero-order valence-corrected chi connectivity index (χ0v) is 19.6. The summed E-state index contributed by atoms with van der Waals surface area (Å²) in [6.07, 6.45) is 0. The molecule has 180 valence electrons. The summed E-state index contributed by atoms with van der Waals surface area (Å²) in [4.78, 5) is 27.6. The van der Waals surface area contributed by atoms with Gasteiger partial charge < -0.3 is 24.7 Å². The third-order valence-electron chi connectivity index (χ3n) is 6.08. The van der Waals surface area contributed by atoms with Gasteiger partial charge in [0.1, 0.15) is 11.5 Å². The maximum atomic E-state index is 13.2. The summed E-state index contributed by atoms with van der Waals surface area (Å²) in [7, 11) is 2.41. The average Bonchev–Trinajstić information content (AvgIpc) is 3.35. The van der Waals surface area contributed by atoms with Gasteiger partial charge in [0.2, 0.25) is 0 Å². The van der Waals surface area contributed by atoms with E-state index in [1.54, 1.807) is 55.5 Å². The average molecular weight is 476 g/mol. The van der Waals surface area contributed by atoms with E-state index in [0.29, 0.717) is 30.0 Å². The van der Waals surface area contributed by atoms with Crippen molar-refractivity contribution in [3.8, 4) is 6.07 Å². The van der Waals surface area contributed by atoms with Crippen LogP contribution in [0.15, 0.2) is 77.3 Å². The fraction of sp³-hybridized carbons (Fsp3) is 0.269. The second-order valence-corrected chi connectivity index (χ2v) is 8.03. The Morgan fingerprint density at radius 2 is 1.71 bits per heavy atom. The number of hydrogen-bond acceptors (Lipinski definition) is 9. The van der Waals surface area contributed by atoms with Crippen molar-refractivity contribution in [2.24, 2.45) is 5.73 Å². The van der Waals surface area contributed by atoms with E-state index in [1.165, 1.54) is 19.1 Å². The highest BCUT2D eigenvalue weighted by atomic mass is 16.7. The van der Waals surface area contributed by atoms with E-state index in [9.17, 15) is 14.9 Å². The number of esters is 2. The summed E-state index contributed by atoms with van der Waals surface area (Å²) in [5, 5.41) is 10.1. The molecule has 2 aromatic carbocycles. The lowest BCUT2D eigenvalue weighted by atomic mass is 9.81. The standard InChI is InChI=1S/C26H25N3O6/c1-26(34-12-13-35-26)17-10-7-11-18(14-17)29-22(25(31)33-3)21(24(30)32-2)20(19(15-27)23(29)28)16-8-5-4-6-9-16/h4-11,14,20H,12-13,28H2,1-3H3. The van der Waals surface area contributed by atoms with Crippen LogP contribution >= 0.6 is 0 Å². The van der Waals surface area contributed by atoms with E-state index < -0.39 is 23.6 Å². The molecule has 35 heavy (non-hydrogen) atoms. The number of rotatable bonds is 5. The molecule has 4 rings (SSSR count). The molecule has 0 spiro atoms. The number of benzene rings is 2. The molecule has 1 saturated heterocycles. The Hall–Kier alpha value is -4.13. The molecule has 0 bridgehead atoms. The highest BCUT2D eigenvalue weighted by Crippen LogP contribution is 2.44. The summed E-state index contributed by atoms with van der Waals surface area (Å²) in [6.45, 7) is 2.66. The molecule has 0 aliphatic carbocycles. The van der Waals surface area contributed by atoms with Gasteiger partial charge >= 0.3 is 11.9 Å². The topological polar surface area (TPSA) is 124 Å². The summed E-state index contributed by atoms with van der Waals surface area (Å²) in [6, 6.07) is 18.0. The van der Waals surface area contributed by atoms with Gasteiger partial charge in [0.25, 0.3) is 0 Å². The van der Waals surface area contributed by atoms with E-state index in [-0.39, 0.29) is 22.7 Å². The Bertz CT molecular complexity index is 1260. The molecule has 2 heterocycles. The molecule has 2 N–H and O–H groups in total. The van der Waals surface area contributed by atoms with E-state index in [1.807, 2.05) is 6.07 Å². The monoisotopic (exact) mass is 475 g/mol. The number of nitrogens with two attached hydrogens (primary N) is 1. The number of nitriles is 1. The van der Waals surface area contributed by atoms with Crippen LogP contribution in [0.1, 0.15) is 24.0 Å². The molecular weight excluding hydrogens is 450 g/mol. The molecule has 0 saturated carbocycles. The van der Waals surface area contributed by atoms with Gasteiger partial charge in [-0.05, 0) is 24.6 Å². The van der Waals surface area contributed by atoms with Gasteiger partial charge in [-0.15, -0.1) is 0 Å². The molecule has 0 amide bonds. The van der Waals surface area contributed by atoms with Crippen molar-refractivity contribution >= 4 is 17.6 Å². The van der Waals surface area contributed by atoms with Crippen molar-refractivity contribution in [2.45, 2.75) is 18.6 Å². The van der Waals surface area contributed by atoms with Crippen LogP contribution in [0.3, 0.4) is 0 Å².